The number of halogens is 3. The van der Waals surface area contributed by atoms with E-state index in [1.165, 1.54) is 48.9 Å². The Hall–Kier alpha value is -3.88. The number of hydrogen-bond acceptors (Lipinski definition) is 3. The second-order valence-electron chi connectivity index (χ2n) is 6.63. The number of H-pyrrole nitrogens is 1. The minimum Gasteiger partial charge on any atom is -0.329 e. The smallest absolute Gasteiger partial charge is 0.329 e. The summed E-state index contributed by atoms with van der Waals surface area (Å²) in [6.45, 7) is 1.70. The number of benzene rings is 1. The summed E-state index contributed by atoms with van der Waals surface area (Å²) < 4.78 is 42.9. The highest BCUT2D eigenvalue weighted by Gasteiger charge is 2.39. The van der Waals surface area contributed by atoms with Crippen LogP contribution in [-0.2, 0) is 6.18 Å². The van der Waals surface area contributed by atoms with Crippen LogP contribution in [0.4, 0.5) is 18.9 Å². The molecule has 9 heteroatoms. The Morgan fingerprint density at radius 3 is 2.67 bits per heavy atom. The summed E-state index contributed by atoms with van der Waals surface area (Å²) >= 11 is 0. The number of pyridine rings is 2. The number of carbonyl (C=O) groups excluding carboxylic acids is 1. The van der Waals surface area contributed by atoms with Crippen molar-refractivity contribution in [1.82, 2.24) is 14.5 Å². The van der Waals surface area contributed by atoms with Gasteiger partial charge in [0.1, 0.15) is 5.69 Å². The van der Waals surface area contributed by atoms with Crippen LogP contribution < -0.4 is 10.9 Å². The molecule has 0 bridgehead atoms. The van der Waals surface area contributed by atoms with E-state index in [-0.39, 0.29) is 11.1 Å². The van der Waals surface area contributed by atoms with Gasteiger partial charge < -0.3 is 14.9 Å². The summed E-state index contributed by atoms with van der Waals surface area (Å²) in [4.78, 5) is 31.2. The fraction of sp³-hybridized carbons (Fsp3) is 0.0952. The number of rotatable bonds is 3. The van der Waals surface area contributed by atoms with Gasteiger partial charge in [0.05, 0.1) is 11.3 Å². The third kappa shape index (κ3) is 3.45. The zero-order valence-corrected chi connectivity index (χ0v) is 15.6. The van der Waals surface area contributed by atoms with Gasteiger partial charge in [0.2, 0.25) is 0 Å². The van der Waals surface area contributed by atoms with Gasteiger partial charge in [-0.2, -0.15) is 13.2 Å². The number of aromatic nitrogens is 3. The van der Waals surface area contributed by atoms with Gasteiger partial charge in [0, 0.05) is 40.7 Å². The number of nitrogens with one attached hydrogen (secondary N) is 2. The van der Waals surface area contributed by atoms with Crippen LogP contribution in [-0.4, -0.2) is 20.4 Å². The molecule has 0 aliphatic heterocycles. The second-order valence-corrected chi connectivity index (χ2v) is 6.63. The highest BCUT2D eigenvalue weighted by molar-refractivity contribution is 6.05. The van der Waals surface area contributed by atoms with Crippen molar-refractivity contribution in [2.75, 3.05) is 5.32 Å². The molecule has 4 aromatic rings. The molecule has 0 spiro atoms. The summed E-state index contributed by atoms with van der Waals surface area (Å²) in [5, 5.41) is 3.05. The Bertz CT molecular complexity index is 1320. The average Bonchev–Trinajstić information content (AvgIpc) is 3.14. The van der Waals surface area contributed by atoms with E-state index in [9.17, 15) is 22.8 Å². The van der Waals surface area contributed by atoms with E-state index in [4.69, 9.17) is 0 Å². The Balaban J connectivity index is 1.86. The van der Waals surface area contributed by atoms with Gasteiger partial charge in [-0.05, 0) is 43.3 Å². The molecule has 0 saturated heterocycles. The molecule has 0 unspecified atom stereocenters. The molecule has 3 heterocycles. The van der Waals surface area contributed by atoms with E-state index in [0.29, 0.717) is 16.8 Å². The summed E-state index contributed by atoms with van der Waals surface area (Å²) in [5.74, 6) is -0.898. The monoisotopic (exact) mass is 412 g/mol. The summed E-state index contributed by atoms with van der Waals surface area (Å²) in [5.41, 5.74) is -0.976. The van der Waals surface area contributed by atoms with Crippen LogP contribution in [0.15, 0.2) is 65.8 Å². The van der Waals surface area contributed by atoms with Gasteiger partial charge in [-0.1, -0.05) is 6.07 Å². The van der Waals surface area contributed by atoms with Gasteiger partial charge in [0.15, 0.2) is 0 Å². The number of fused-ring (bicyclic) bond motifs is 1. The lowest BCUT2D eigenvalue weighted by Gasteiger charge is -2.16. The largest absolute Gasteiger partial charge is 0.432 e. The third-order valence-electron chi connectivity index (χ3n) is 4.61. The molecule has 3 aromatic heterocycles. The molecule has 0 radical (unpaired) electrons. The molecular weight excluding hydrogens is 397 g/mol. The first-order chi connectivity index (χ1) is 14.3. The molecule has 2 N–H and O–H groups in total. The Labute approximate surface area is 168 Å². The van der Waals surface area contributed by atoms with Crippen LogP contribution in [0.25, 0.3) is 16.5 Å². The minimum absolute atomic E-state index is 0.143. The van der Waals surface area contributed by atoms with E-state index >= 15 is 0 Å². The fourth-order valence-corrected chi connectivity index (χ4v) is 3.34. The first kappa shape index (κ1) is 19.4. The number of aromatic amines is 1. The Morgan fingerprint density at radius 2 is 1.93 bits per heavy atom. The number of carbonyl (C=O) groups is 1. The van der Waals surface area contributed by atoms with Crippen molar-refractivity contribution in [3.63, 3.8) is 0 Å². The maximum Gasteiger partial charge on any atom is 0.432 e. The van der Waals surface area contributed by atoms with Gasteiger partial charge in [-0.15, -0.1) is 0 Å². The predicted octanol–water partition coefficient (Wildman–Crippen LogP) is 4.29. The zero-order chi connectivity index (χ0) is 21.5. The SMILES string of the molecule is Cc1cc(NC(=O)c2ccn(-c3cccc4c(=O)[nH]ccc34)c2C(F)(F)F)ccn1. The molecule has 152 valence electrons. The van der Waals surface area contributed by atoms with Gasteiger partial charge in [0.25, 0.3) is 11.5 Å². The highest BCUT2D eigenvalue weighted by Crippen LogP contribution is 2.36. The Kier molecular flexibility index (Phi) is 4.65. The normalized spacial score (nSPS) is 11.6. The number of nitrogens with zero attached hydrogens (tertiary/aromatic N) is 2. The first-order valence-corrected chi connectivity index (χ1v) is 8.89. The summed E-state index contributed by atoms with van der Waals surface area (Å²) in [6.07, 6.45) is -0.821. The molecule has 6 nitrogen and oxygen atoms in total. The van der Waals surface area contributed by atoms with Gasteiger partial charge in [-0.25, -0.2) is 0 Å². The van der Waals surface area contributed by atoms with E-state index in [1.54, 1.807) is 13.0 Å². The number of hydrogen-bond donors (Lipinski definition) is 2. The third-order valence-corrected chi connectivity index (χ3v) is 4.61. The van der Waals surface area contributed by atoms with E-state index < -0.39 is 28.9 Å². The molecular formula is C21H15F3N4O2. The Morgan fingerprint density at radius 1 is 1.13 bits per heavy atom. The van der Waals surface area contributed by atoms with Crippen molar-refractivity contribution < 1.29 is 18.0 Å². The summed E-state index contributed by atoms with van der Waals surface area (Å²) in [6, 6.07) is 10.2. The average molecular weight is 412 g/mol. The number of aryl methyl sites for hydroxylation is 1. The van der Waals surface area contributed by atoms with E-state index in [2.05, 4.69) is 15.3 Å². The molecule has 0 fully saturated rings. The van der Waals surface area contributed by atoms with Crippen LogP contribution in [0.3, 0.4) is 0 Å². The van der Waals surface area contributed by atoms with Crippen LogP contribution in [0.2, 0.25) is 0 Å². The molecule has 1 amide bonds. The standard InChI is InChI=1S/C21H15F3N4O2/c1-12-11-13(5-8-25-12)27-20(30)16-7-10-28(18(16)21(22,23)24)17-4-2-3-15-14(17)6-9-26-19(15)29/h2-11H,1H3,(H,26,29)(H,25,27,30). The summed E-state index contributed by atoms with van der Waals surface area (Å²) in [7, 11) is 0. The quantitative estimate of drug-likeness (QED) is 0.527. The lowest BCUT2D eigenvalue weighted by Crippen LogP contribution is -2.20. The number of amides is 1. The fourth-order valence-electron chi connectivity index (χ4n) is 3.34. The minimum atomic E-state index is -4.81. The number of anilines is 1. The van der Waals surface area contributed by atoms with Crippen LogP contribution in [0.1, 0.15) is 21.7 Å². The zero-order valence-electron chi connectivity index (χ0n) is 15.6. The molecule has 0 saturated carbocycles. The van der Waals surface area contributed by atoms with Crippen LogP contribution in [0, 0.1) is 6.92 Å². The molecule has 0 aliphatic carbocycles. The van der Waals surface area contributed by atoms with Crippen LogP contribution in [0.5, 0.6) is 0 Å². The highest BCUT2D eigenvalue weighted by atomic mass is 19.4. The molecule has 0 aliphatic rings. The van der Waals surface area contributed by atoms with Crippen molar-refractivity contribution in [1.29, 1.82) is 0 Å². The van der Waals surface area contributed by atoms with E-state index in [0.717, 1.165) is 10.6 Å². The van der Waals surface area contributed by atoms with Crippen molar-refractivity contribution >= 4 is 22.4 Å². The first-order valence-electron chi connectivity index (χ1n) is 8.89. The van der Waals surface area contributed by atoms with Crippen molar-refractivity contribution in [3.8, 4) is 5.69 Å². The topological polar surface area (TPSA) is 79.8 Å². The molecule has 30 heavy (non-hydrogen) atoms. The second kappa shape index (κ2) is 7.18. The van der Waals surface area contributed by atoms with Crippen molar-refractivity contribution in [2.24, 2.45) is 0 Å². The van der Waals surface area contributed by atoms with Crippen LogP contribution >= 0.6 is 0 Å². The molecule has 0 atom stereocenters. The number of alkyl halides is 3. The van der Waals surface area contributed by atoms with Crippen molar-refractivity contribution in [2.45, 2.75) is 13.1 Å². The lowest BCUT2D eigenvalue weighted by molar-refractivity contribution is -0.142. The van der Waals surface area contributed by atoms with Crippen molar-refractivity contribution in [3.05, 3.63) is 88.4 Å². The van der Waals surface area contributed by atoms with E-state index in [1.807, 2.05) is 0 Å². The van der Waals surface area contributed by atoms with Gasteiger partial charge >= 0.3 is 6.18 Å². The predicted molar refractivity (Wildman–Crippen MR) is 106 cm³/mol. The molecule has 1 aromatic carbocycles. The molecule has 4 rings (SSSR count). The maximum atomic E-state index is 14.0. The van der Waals surface area contributed by atoms with Gasteiger partial charge in [-0.3, -0.25) is 14.6 Å². The lowest BCUT2D eigenvalue weighted by atomic mass is 10.1. The maximum absolute atomic E-state index is 14.0.